The van der Waals surface area contributed by atoms with E-state index < -0.39 is 0 Å². The molecule has 0 spiro atoms. The van der Waals surface area contributed by atoms with Gasteiger partial charge in [0.05, 0.1) is 13.2 Å². The van der Waals surface area contributed by atoms with Gasteiger partial charge in [0.1, 0.15) is 5.75 Å². The highest BCUT2D eigenvalue weighted by atomic mass is 16.5. The smallest absolute Gasteiger partial charge is 0.123 e. The largest absolute Gasteiger partial charge is 0.496 e. The molecule has 0 radical (unpaired) electrons. The monoisotopic (exact) mass is 276 g/mol. The van der Waals surface area contributed by atoms with Gasteiger partial charge in [-0.15, -0.1) is 0 Å². The summed E-state index contributed by atoms with van der Waals surface area (Å²) in [4.78, 5) is 0. The van der Waals surface area contributed by atoms with E-state index >= 15 is 0 Å². The van der Waals surface area contributed by atoms with Crippen LogP contribution in [0.15, 0.2) is 18.2 Å². The Morgan fingerprint density at radius 3 is 2.40 bits per heavy atom. The molecule has 0 bridgehead atoms. The maximum atomic E-state index is 5.89. The summed E-state index contributed by atoms with van der Waals surface area (Å²) in [5.74, 6) is 7.45. The molecule has 3 N–H and O–H groups in total. The number of aryl methyl sites for hydroxylation is 1. The highest BCUT2D eigenvalue weighted by Gasteiger charge is 2.25. The fourth-order valence-electron chi connectivity index (χ4n) is 3.40. The van der Waals surface area contributed by atoms with E-state index in [0.29, 0.717) is 5.92 Å². The van der Waals surface area contributed by atoms with Crippen LogP contribution in [0, 0.1) is 12.8 Å². The highest BCUT2D eigenvalue weighted by Crippen LogP contribution is 2.36. The molecule has 1 aliphatic rings. The number of hydrogen-bond acceptors (Lipinski definition) is 3. The minimum Gasteiger partial charge on any atom is -0.496 e. The summed E-state index contributed by atoms with van der Waals surface area (Å²) in [5.41, 5.74) is 5.52. The Balaban J connectivity index is 2.23. The molecule has 0 amide bonds. The van der Waals surface area contributed by atoms with Crippen LogP contribution in [0.4, 0.5) is 0 Å². The van der Waals surface area contributed by atoms with Gasteiger partial charge in [0.2, 0.25) is 0 Å². The average molecular weight is 276 g/mol. The Morgan fingerprint density at radius 1 is 1.15 bits per heavy atom. The fourth-order valence-corrected chi connectivity index (χ4v) is 3.40. The number of benzene rings is 1. The number of nitrogens with two attached hydrogens (primary N) is 1. The van der Waals surface area contributed by atoms with Gasteiger partial charge in [-0.25, -0.2) is 0 Å². The van der Waals surface area contributed by atoms with Crippen molar-refractivity contribution in [2.45, 2.75) is 57.9 Å². The molecular formula is C17H28N2O. The molecule has 0 aliphatic heterocycles. The van der Waals surface area contributed by atoms with Gasteiger partial charge in [0.25, 0.3) is 0 Å². The van der Waals surface area contributed by atoms with E-state index in [1.54, 1.807) is 7.11 Å². The normalized spacial score (nSPS) is 19.1. The maximum absolute atomic E-state index is 5.89. The highest BCUT2D eigenvalue weighted by molar-refractivity contribution is 5.39. The summed E-state index contributed by atoms with van der Waals surface area (Å²) in [6.07, 6.45) is 9.25. The number of nitrogens with one attached hydrogen (secondary N) is 1. The molecule has 3 heteroatoms. The van der Waals surface area contributed by atoms with Crippen molar-refractivity contribution in [3.63, 3.8) is 0 Å². The summed E-state index contributed by atoms with van der Waals surface area (Å²) in [5, 5.41) is 0. The van der Waals surface area contributed by atoms with Crippen LogP contribution in [0.1, 0.15) is 62.1 Å². The lowest BCUT2D eigenvalue weighted by Crippen LogP contribution is -2.34. The van der Waals surface area contributed by atoms with Crippen molar-refractivity contribution < 1.29 is 4.74 Å². The second-order valence-electron chi connectivity index (χ2n) is 5.99. The Bertz CT molecular complexity index is 411. The van der Waals surface area contributed by atoms with E-state index in [4.69, 9.17) is 10.6 Å². The van der Waals surface area contributed by atoms with Crippen LogP contribution in [0.25, 0.3) is 0 Å². The molecule has 0 saturated heterocycles. The van der Waals surface area contributed by atoms with Gasteiger partial charge in [-0.2, -0.15) is 0 Å². The fraction of sp³-hybridized carbons (Fsp3) is 0.647. The van der Waals surface area contributed by atoms with Gasteiger partial charge in [0.15, 0.2) is 0 Å². The Labute approximate surface area is 122 Å². The van der Waals surface area contributed by atoms with Crippen LogP contribution in [0.3, 0.4) is 0 Å². The van der Waals surface area contributed by atoms with E-state index in [1.807, 2.05) is 0 Å². The first kappa shape index (κ1) is 15.3. The van der Waals surface area contributed by atoms with Crippen molar-refractivity contribution in [1.29, 1.82) is 0 Å². The summed E-state index contributed by atoms with van der Waals surface area (Å²) < 4.78 is 5.53. The third-order valence-corrected chi connectivity index (χ3v) is 4.52. The predicted octanol–water partition coefficient (Wildman–Crippen LogP) is 3.87. The first-order chi connectivity index (χ1) is 9.76. The second-order valence-corrected chi connectivity index (χ2v) is 5.99. The molecule has 1 aromatic carbocycles. The Kier molecular flexibility index (Phi) is 5.86. The van der Waals surface area contributed by atoms with E-state index in [-0.39, 0.29) is 6.04 Å². The minimum absolute atomic E-state index is 0.197. The molecule has 1 aromatic rings. The molecule has 1 saturated carbocycles. The second kappa shape index (κ2) is 7.65. The van der Waals surface area contributed by atoms with Crippen LogP contribution in [0.5, 0.6) is 5.75 Å². The molecule has 112 valence electrons. The standard InChI is InChI=1S/C17H28N2O/c1-13-10-11-16(20-2)15(12-13)17(19-18)14-8-6-4-3-5-7-9-14/h10-12,14,17,19H,3-9,18H2,1-2H3. The van der Waals surface area contributed by atoms with Crippen LogP contribution in [-0.4, -0.2) is 7.11 Å². The topological polar surface area (TPSA) is 47.3 Å². The summed E-state index contributed by atoms with van der Waals surface area (Å²) in [6, 6.07) is 6.55. The van der Waals surface area contributed by atoms with Gasteiger partial charge in [-0.05, 0) is 31.7 Å². The van der Waals surface area contributed by atoms with Crippen LogP contribution < -0.4 is 16.0 Å². The quantitative estimate of drug-likeness (QED) is 0.648. The first-order valence-corrected chi connectivity index (χ1v) is 7.87. The number of methoxy groups -OCH3 is 1. The van der Waals surface area contributed by atoms with Crippen molar-refractivity contribution in [3.8, 4) is 5.75 Å². The van der Waals surface area contributed by atoms with E-state index in [1.165, 1.54) is 56.1 Å². The third-order valence-electron chi connectivity index (χ3n) is 4.52. The predicted molar refractivity (Wildman–Crippen MR) is 83.6 cm³/mol. The zero-order valence-electron chi connectivity index (χ0n) is 12.8. The lowest BCUT2D eigenvalue weighted by Gasteiger charge is -2.29. The number of hydrogen-bond donors (Lipinski definition) is 2. The zero-order chi connectivity index (χ0) is 14.4. The molecule has 3 nitrogen and oxygen atoms in total. The lowest BCUT2D eigenvalue weighted by atomic mass is 9.82. The summed E-state index contributed by atoms with van der Waals surface area (Å²) in [7, 11) is 1.74. The van der Waals surface area contributed by atoms with Crippen LogP contribution in [0.2, 0.25) is 0 Å². The molecule has 1 unspecified atom stereocenters. The Morgan fingerprint density at radius 2 is 1.80 bits per heavy atom. The van der Waals surface area contributed by atoms with Gasteiger partial charge in [0, 0.05) is 5.56 Å². The van der Waals surface area contributed by atoms with E-state index in [2.05, 4.69) is 30.5 Å². The molecular weight excluding hydrogens is 248 g/mol. The third kappa shape index (κ3) is 3.74. The van der Waals surface area contributed by atoms with Crippen LogP contribution in [-0.2, 0) is 0 Å². The molecule has 20 heavy (non-hydrogen) atoms. The first-order valence-electron chi connectivity index (χ1n) is 7.87. The van der Waals surface area contributed by atoms with Crippen molar-refractivity contribution in [2.75, 3.05) is 7.11 Å². The van der Waals surface area contributed by atoms with Crippen molar-refractivity contribution in [1.82, 2.24) is 5.43 Å². The zero-order valence-corrected chi connectivity index (χ0v) is 12.8. The molecule has 1 atom stereocenters. The molecule has 2 rings (SSSR count). The van der Waals surface area contributed by atoms with E-state index in [9.17, 15) is 0 Å². The lowest BCUT2D eigenvalue weighted by molar-refractivity contribution is 0.283. The van der Waals surface area contributed by atoms with Gasteiger partial charge in [-0.3, -0.25) is 11.3 Å². The average Bonchev–Trinajstić information content (AvgIpc) is 2.42. The molecule has 0 heterocycles. The van der Waals surface area contributed by atoms with Gasteiger partial charge < -0.3 is 4.74 Å². The summed E-state index contributed by atoms with van der Waals surface area (Å²) in [6.45, 7) is 2.12. The number of rotatable bonds is 4. The number of ether oxygens (including phenoxy) is 1. The maximum Gasteiger partial charge on any atom is 0.123 e. The van der Waals surface area contributed by atoms with Gasteiger partial charge in [-0.1, -0.05) is 49.8 Å². The van der Waals surface area contributed by atoms with Crippen molar-refractivity contribution in [2.24, 2.45) is 11.8 Å². The minimum atomic E-state index is 0.197. The Hall–Kier alpha value is -1.06. The SMILES string of the molecule is COc1ccc(C)cc1C(NN)C1CCCCCCC1. The summed E-state index contributed by atoms with van der Waals surface area (Å²) >= 11 is 0. The molecule has 1 fully saturated rings. The van der Waals surface area contributed by atoms with Gasteiger partial charge >= 0.3 is 0 Å². The molecule has 0 aromatic heterocycles. The number of hydrazine groups is 1. The van der Waals surface area contributed by atoms with Crippen molar-refractivity contribution in [3.05, 3.63) is 29.3 Å². The van der Waals surface area contributed by atoms with Crippen molar-refractivity contribution >= 4 is 0 Å². The van der Waals surface area contributed by atoms with Crippen LogP contribution >= 0.6 is 0 Å². The van der Waals surface area contributed by atoms with E-state index in [0.717, 1.165) is 5.75 Å². The molecule has 1 aliphatic carbocycles.